The fourth-order valence-corrected chi connectivity index (χ4v) is 2.68. The molecule has 0 aromatic heterocycles. The van der Waals surface area contributed by atoms with Gasteiger partial charge < -0.3 is 0 Å². The predicted octanol–water partition coefficient (Wildman–Crippen LogP) is 3.67. The van der Waals surface area contributed by atoms with Crippen molar-refractivity contribution in [3.63, 3.8) is 0 Å². The van der Waals surface area contributed by atoms with Crippen molar-refractivity contribution in [2.45, 2.75) is 12.8 Å². The molecule has 0 amide bonds. The van der Waals surface area contributed by atoms with Crippen molar-refractivity contribution >= 4 is 17.4 Å². The smallest absolute Gasteiger partial charge is 0.195 e. The van der Waals surface area contributed by atoms with E-state index in [2.05, 4.69) is 0 Å². The Morgan fingerprint density at radius 2 is 1.59 bits per heavy atom. The number of ketones is 1. The van der Waals surface area contributed by atoms with Gasteiger partial charge in [-0.05, 0) is 30.0 Å². The van der Waals surface area contributed by atoms with E-state index < -0.39 is 0 Å². The molecule has 0 saturated heterocycles. The van der Waals surface area contributed by atoms with E-state index in [-0.39, 0.29) is 5.78 Å². The third-order valence-electron chi connectivity index (χ3n) is 3.25. The molecule has 84 valence electrons. The molecule has 17 heavy (non-hydrogen) atoms. The lowest BCUT2D eigenvalue weighted by atomic mass is 9.99. The molecule has 0 unspecified atom stereocenters. The second-order valence-corrected chi connectivity index (χ2v) is 4.67. The van der Waals surface area contributed by atoms with Crippen LogP contribution in [0.5, 0.6) is 0 Å². The fraction of sp³-hybridized carbons (Fsp3) is 0.133. The summed E-state index contributed by atoms with van der Waals surface area (Å²) in [5.74, 6) is 0.0544. The zero-order chi connectivity index (χ0) is 11.8. The SMILES string of the molecule is O=C1c2ccccc2CCc2cccc(Cl)c21. The lowest BCUT2D eigenvalue weighted by Gasteiger charge is -2.06. The van der Waals surface area contributed by atoms with Gasteiger partial charge in [-0.1, -0.05) is 48.0 Å². The standard InChI is InChI=1S/C15H11ClO/c16-13-7-3-5-11-9-8-10-4-1-2-6-12(10)15(17)14(11)13/h1-7H,8-9H2. The number of halogens is 1. The average molecular weight is 243 g/mol. The lowest BCUT2D eigenvalue weighted by Crippen LogP contribution is -2.04. The molecule has 2 aromatic carbocycles. The normalized spacial score (nSPS) is 13.8. The molecular formula is C15H11ClO. The zero-order valence-electron chi connectivity index (χ0n) is 9.24. The molecule has 0 heterocycles. The van der Waals surface area contributed by atoms with Gasteiger partial charge in [0.05, 0.1) is 5.02 Å². The maximum Gasteiger partial charge on any atom is 0.195 e. The Morgan fingerprint density at radius 1 is 0.882 bits per heavy atom. The van der Waals surface area contributed by atoms with Gasteiger partial charge in [-0.25, -0.2) is 0 Å². The fourth-order valence-electron chi connectivity index (χ4n) is 2.40. The van der Waals surface area contributed by atoms with Crippen LogP contribution in [-0.2, 0) is 12.8 Å². The third-order valence-corrected chi connectivity index (χ3v) is 3.57. The molecule has 0 N–H and O–H groups in total. The molecule has 0 atom stereocenters. The van der Waals surface area contributed by atoms with Gasteiger partial charge >= 0.3 is 0 Å². The summed E-state index contributed by atoms with van der Waals surface area (Å²) in [6.07, 6.45) is 1.77. The molecule has 2 heteroatoms. The van der Waals surface area contributed by atoms with Crippen molar-refractivity contribution in [2.75, 3.05) is 0 Å². The first-order valence-electron chi connectivity index (χ1n) is 5.67. The van der Waals surface area contributed by atoms with Crippen LogP contribution >= 0.6 is 11.6 Å². The number of carbonyl (C=O) groups is 1. The predicted molar refractivity (Wildman–Crippen MR) is 68.7 cm³/mol. The molecule has 2 aromatic rings. The van der Waals surface area contributed by atoms with E-state index in [4.69, 9.17) is 11.6 Å². The van der Waals surface area contributed by atoms with Crippen LogP contribution < -0.4 is 0 Å². The molecule has 3 rings (SSSR count). The summed E-state index contributed by atoms with van der Waals surface area (Å²) < 4.78 is 0. The molecule has 0 saturated carbocycles. The summed E-state index contributed by atoms with van der Waals surface area (Å²) in [6.45, 7) is 0. The van der Waals surface area contributed by atoms with Crippen LogP contribution in [0.15, 0.2) is 42.5 Å². The topological polar surface area (TPSA) is 17.1 Å². The molecule has 1 aliphatic rings. The maximum atomic E-state index is 12.5. The first-order valence-corrected chi connectivity index (χ1v) is 6.05. The zero-order valence-corrected chi connectivity index (χ0v) is 10.00. The molecule has 0 fully saturated rings. The van der Waals surface area contributed by atoms with Gasteiger partial charge in [0, 0.05) is 11.1 Å². The van der Waals surface area contributed by atoms with E-state index in [1.165, 1.54) is 0 Å². The van der Waals surface area contributed by atoms with Crippen molar-refractivity contribution in [3.05, 3.63) is 69.7 Å². The van der Waals surface area contributed by atoms with Gasteiger partial charge in [0.1, 0.15) is 0 Å². The largest absolute Gasteiger partial charge is 0.289 e. The van der Waals surface area contributed by atoms with E-state index in [0.717, 1.165) is 29.5 Å². The van der Waals surface area contributed by atoms with Crippen LogP contribution in [0.2, 0.25) is 5.02 Å². The van der Waals surface area contributed by atoms with Crippen LogP contribution in [0, 0.1) is 0 Å². The Balaban J connectivity index is 2.26. The minimum atomic E-state index is 0.0544. The quantitative estimate of drug-likeness (QED) is 0.689. The van der Waals surface area contributed by atoms with Gasteiger partial charge in [-0.2, -0.15) is 0 Å². The van der Waals surface area contributed by atoms with Gasteiger partial charge in [-0.15, -0.1) is 0 Å². The second kappa shape index (κ2) is 4.01. The third kappa shape index (κ3) is 1.67. The molecule has 0 radical (unpaired) electrons. The van der Waals surface area contributed by atoms with E-state index >= 15 is 0 Å². The summed E-state index contributed by atoms with van der Waals surface area (Å²) >= 11 is 6.16. The van der Waals surface area contributed by atoms with Crippen LogP contribution in [0.3, 0.4) is 0 Å². The van der Waals surface area contributed by atoms with Crippen molar-refractivity contribution < 1.29 is 4.79 Å². The molecular weight excluding hydrogens is 232 g/mol. The summed E-state index contributed by atoms with van der Waals surface area (Å²) in [7, 11) is 0. The lowest BCUT2D eigenvalue weighted by molar-refractivity contribution is 0.103. The maximum absolute atomic E-state index is 12.5. The van der Waals surface area contributed by atoms with E-state index in [1.54, 1.807) is 6.07 Å². The van der Waals surface area contributed by atoms with Crippen LogP contribution in [0.4, 0.5) is 0 Å². The Morgan fingerprint density at radius 3 is 2.47 bits per heavy atom. The summed E-state index contributed by atoms with van der Waals surface area (Å²) in [6, 6.07) is 13.5. The minimum absolute atomic E-state index is 0.0544. The number of hydrogen-bond acceptors (Lipinski definition) is 1. The molecule has 1 nitrogen and oxygen atoms in total. The highest BCUT2D eigenvalue weighted by molar-refractivity contribution is 6.35. The number of fused-ring (bicyclic) bond motifs is 2. The van der Waals surface area contributed by atoms with Crippen molar-refractivity contribution in [1.82, 2.24) is 0 Å². The Labute approximate surface area is 105 Å². The minimum Gasteiger partial charge on any atom is -0.289 e. The first-order chi connectivity index (χ1) is 8.27. The summed E-state index contributed by atoms with van der Waals surface area (Å²) in [5, 5.41) is 0.559. The second-order valence-electron chi connectivity index (χ2n) is 4.26. The number of aryl methyl sites for hydroxylation is 2. The Hall–Kier alpha value is -1.60. The van der Waals surface area contributed by atoms with Crippen molar-refractivity contribution in [3.8, 4) is 0 Å². The first kappa shape index (κ1) is 10.5. The van der Waals surface area contributed by atoms with Gasteiger partial charge in [0.15, 0.2) is 5.78 Å². The van der Waals surface area contributed by atoms with Crippen LogP contribution in [0.1, 0.15) is 27.0 Å². The Bertz CT molecular complexity index is 602. The van der Waals surface area contributed by atoms with Crippen LogP contribution in [0.25, 0.3) is 0 Å². The average Bonchev–Trinajstić information content (AvgIpc) is 2.49. The molecule has 1 aliphatic carbocycles. The Kier molecular flexibility index (Phi) is 2.49. The highest BCUT2D eigenvalue weighted by Gasteiger charge is 2.22. The number of benzene rings is 2. The highest BCUT2D eigenvalue weighted by atomic mass is 35.5. The van der Waals surface area contributed by atoms with Crippen LogP contribution in [-0.4, -0.2) is 5.78 Å². The molecule has 0 aliphatic heterocycles. The monoisotopic (exact) mass is 242 g/mol. The van der Waals surface area contributed by atoms with E-state index in [9.17, 15) is 4.79 Å². The van der Waals surface area contributed by atoms with Gasteiger partial charge in [-0.3, -0.25) is 4.79 Å². The number of rotatable bonds is 0. The number of hydrogen-bond donors (Lipinski definition) is 0. The highest BCUT2D eigenvalue weighted by Crippen LogP contribution is 2.29. The van der Waals surface area contributed by atoms with E-state index in [0.29, 0.717) is 10.6 Å². The number of carbonyl (C=O) groups excluding carboxylic acids is 1. The van der Waals surface area contributed by atoms with Crippen molar-refractivity contribution in [1.29, 1.82) is 0 Å². The van der Waals surface area contributed by atoms with Crippen molar-refractivity contribution in [2.24, 2.45) is 0 Å². The molecule has 0 bridgehead atoms. The summed E-state index contributed by atoms with van der Waals surface area (Å²) in [4.78, 5) is 12.5. The summed E-state index contributed by atoms with van der Waals surface area (Å²) in [5.41, 5.74) is 3.64. The van der Waals surface area contributed by atoms with E-state index in [1.807, 2.05) is 36.4 Å². The molecule has 0 spiro atoms. The van der Waals surface area contributed by atoms with Gasteiger partial charge in [0.2, 0.25) is 0 Å². The van der Waals surface area contributed by atoms with Gasteiger partial charge in [0.25, 0.3) is 0 Å².